The third kappa shape index (κ3) is 1.54. The van der Waals surface area contributed by atoms with Crippen LogP contribution in [0.3, 0.4) is 0 Å². The Hall–Kier alpha value is -0.330. The Morgan fingerprint density at radius 3 is 2.67 bits per heavy atom. The molecule has 5 heteroatoms. The molecule has 0 radical (unpaired) electrons. The summed E-state index contributed by atoms with van der Waals surface area (Å²) in [5.41, 5.74) is 0. The lowest BCUT2D eigenvalue weighted by Gasteiger charge is -2.16. The van der Waals surface area contributed by atoms with E-state index in [-0.39, 0.29) is 9.83 Å². The van der Waals surface area contributed by atoms with Crippen molar-refractivity contribution in [2.45, 2.75) is 3.92 Å². The van der Waals surface area contributed by atoms with Crippen molar-refractivity contribution in [1.82, 2.24) is 10.6 Å². The normalized spacial score (nSPS) is 27.0. The van der Waals surface area contributed by atoms with E-state index in [2.05, 4.69) is 10.6 Å². The molecule has 0 aromatic heterocycles. The fourth-order valence-corrected chi connectivity index (χ4v) is 0.885. The van der Waals surface area contributed by atoms with Gasteiger partial charge in [0.25, 0.3) is 0 Å². The smallest absolute Gasteiger partial charge is 0.321 e. The van der Waals surface area contributed by atoms with Gasteiger partial charge in [0.1, 0.15) is 3.92 Å². The summed E-state index contributed by atoms with van der Waals surface area (Å²) < 4.78 is -0.125. The Kier molecular flexibility index (Phi) is 1.89. The summed E-state index contributed by atoms with van der Waals surface area (Å²) in [6.45, 7) is 0.436. The van der Waals surface area contributed by atoms with Crippen LogP contribution in [0.25, 0.3) is 0 Å². The van der Waals surface area contributed by atoms with Gasteiger partial charge in [0.15, 0.2) is 0 Å². The highest BCUT2D eigenvalue weighted by Crippen LogP contribution is 2.00. The molecular weight excluding hydrogens is 235 g/mol. The molecule has 1 heterocycles. The van der Waals surface area contributed by atoms with Crippen LogP contribution in [0.4, 0.5) is 4.79 Å². The van der Waals surface area contributed by atoms with Crippen molar-refractivity contribution in [3.8, 4) is 0 Å². The highest BCUT2D eigenvalue weighted by molar-refractivity contribution is 14.1. The molecule has 0 saturated carbocycles. The SMILES string of the molecule is O=C1NCC(I)C(=O)N1. The molecule has 1 aliphatic heterocycles. The maximum Gasteiger partial charge on any atom is 0.321 e. The zero-order chi connectivity index (χ0) is 6.85. The van der Waals surface area contributed by atoms with Gasteiger partial charge in [0, 0.05) is 6.54 Å². The van der Waals surface area contributed by atoms with Gasteiger partial charge in [0.05, 0.1) is 0 Å². The largest absolute Gasteiger partial charge is 0.336 e. The summed E-state index contributed by atoms with van der Waals surface area (Å²) >= 11 is 1.97. The molecule has 4 nitrogen and oxygen atoms in total. The summed E-state index contributed by atoms with van der Waals surface area (Å²) in [6.07, 6.45) is 0. The average molecular weight is 240 g/mol. The standard InChI is InChI=1S/C4H5IN2O2/c5-2-1-6-4(9)7-3(2)8/h2H,1H2,(H2,6,7,8,9). The Balaban J connectivity index is 2.54. The molecule has 0 aromatic rings. The highest BCUT2D eigenvalue weighted by atomic mass is 127. The number of nitrogens with one attached hydrogen (secondary N) is 2. The quantitative estimate of drug-likeness (QED) is 0.448. The van der Waals surface area contributed by atoms with Crippen molar-refractivity contribution in [2.75, 3.05) is 6.54 Å². The Labute approximate surface area is 65.5 Å². The van der Waals surface area contributed by atoms with E-state index < -0.39 is 6.03 Å². The number of alkyl halides is 1. The van der Waals surface area contributed by atoms with E-state index in [1.165, 1.54) is 0 Å². The first kappa shape index (κ1) is 6.79. The minimum absolute atomic E-state index is 0.125. The van der Waals surface area contributed by atoms with E-state index in [1.807, 2.05) is 22.6 Å². The molecule has 0 aliphatic carbocycles. The number of halogens is 1. The van der Waals surface area contributed by atoms with Crippen LogP contribution in [0.5, 0.6) is 0 Å². The molecule has 1 atom stereocenters. The Bertz CT molecular complexity index is 159. The lowest BCUT2D eigenvalue weighted by Crippen LogP contribution is -2.52. The number of imide groups is 1. The van der Waals surface area contributed by atoms with Crippen LogP contribution in [-0.2, 0) is 4.79 Å². The first-order chi connectivity index (χ1) is 4.20. The van der Waals surface area contributed by atoms with Crippen molar-refractivity contribution in [3.63, 3.8) is 0 Å². The number of carbonyl (C=O) groups excluding carboxylic acids is 2. The molecule has 9 heavy (non-hydrogen) atoms. The van der Waals surface area contributed by atoms with Gasteiger partial charge in [-0.25, -0.2) is 4.79 Å². The van der Waals surface area contributed by atoms with Crippen molar-refractivity contribution < 1.29 is 9.59 Å². The summed E-state index contributed by atoms with van der Waals surface area (Å²) in [4.78, 5) is 21.0. The van der Waals surface area contributed by atoms with Crippen LogP contribution in [0.2, 0.25) is 0 Å². The van der Waals surface area contributed by atoms with Gasteiger partial charge in [0.2, 0.25) is 5.91 Å². The predicted octanol–water partition coefficient (Wildman–Crippen LogP) is -0.371. The second kappa shape index (κ2) is 2.51. The lowest BCUT2D eigenvalue weighted by atomic mass is 10.3. The molecule has 2 N–H and O–H groups in total. The summed E-state index contributed by atoms with van der Waals surface area (Å²) in [5, 5.41) is 4.62. The first-order valence-corrected chi connectivity index (χ1v) is 3.67. The van der Waals surface area contributed by atoms with E-state index in [1.54, 1.807) is 0 Å². The maximum atomic E-state index is 10.6. The molecule has 1 saturated heterocycles. The van der Waals surface area contributed by atoms with Gasteiger partial charge in [-0.05, 0) is 0 Å². The van der Waals surface area contributed by atoms with Crippen LogP contribution in [0.1, 0.15) is 0 Å². The van der Waals surface area contributed by atoms with Gasteiger partial charge >= 0.3 is 6.03 Å². The topological polar surface area (TPSA) is 58.2 Å². The molecular formula is C4H5IN2O2. The van der Waals surface area contributed by atoms with Crippen molar-refractivity contribution >= 4 is 34.5 Å². The number of hydrogen-bond donors (Lipinski definition) is 2. The monoisotopic (exact) mass is 240 g/mol. The second-order valence-electron chi connectivity index (χ2n) is 1.67. The number of amides is 3. The van der Waals surface area contributed by atoms with Crippen LogP contribution >= 0.6 is 22.6 Å². The molecule has 1 unspecified atom stereocenters. The summed E-state index contributed by atoms with van der Waals surface area (Å²) in [6, 6.07) is -0.395. The number of urea groups is 1. The van der Waals surface area contributed by atoms with Crippen LogP contribution < -0.4 is 10.6 Å². The predicted molar refractivity (Wildman–Crippen MR) is 39.3 cm³/mol. The van der Waals surface area contributed by atoms with E-state index in [4.69, 9.17) is 0 Å². The number of hydrogen-bond acceptors (Lipinski definition) is 2. The fraction of sp³-hybridized carbons (Fsp3) is 0.500. The molecule has 50 valence electrons. The highest BCUT2D eigenvalue weighted by Gasteiger charge is 2.22. The van der Waals surface area contributed by atoms with Crippen molar-refractivity contribution in [1.29, 1.82) is 0 Å². The van der Waals surface area contributed by atoms with Crippen LogP contribution in [-0.4, -0.2) is 22.4 Å². The van der Waals surface area contributed by atoms with E-state index in [0.29, 0.717) is 6.54 Å². The molecule has 1 rings (SSSR count). The Morgan fingerprint density at radius 1 is 1.56 bits per heavy atom. The van der Waals surface area contributed by atoms with E-state index in [9.17, 15) is 9.59 Å². The van der Waals surface area contributed by atoms with Gasteiger partial charge in [-0.2, -0.15) is 0 Å². The average Bonchev–Trinajstić information content (AvgIpc) is 1.80. The molecule has 0 bridgehead atoms. The van der Waals surface area contributed by atoms with Crippen LogP contribution in [0, 0.1) is 0 Å². The summed E-state index contributed by atoms with van der Waals surface area (Å²) in [7, 11) is 0. The molecule has 0 spiro atoms. The summed E-state index contributed by atoms with van der Waals surface area (Å²) in [5.74, 6) is -0.209. The van der Waals surface area contributed by atoms with Gasteiger partial charge in [-0.15, -0.1) is 0 Å². The molecule has 1 fully saturated rings. The minimum atomic E-state index is -0.395. The zero-order valence-electron chi connectivity index (χ0n) is 4.48. The van der Waals surface area contributed by atoms with Gasteiger partial charge in [-0.3, -0.25) is 10.1 Å². The van der Waals surface area contributed by atoms with E-state index >= 15 is 0 Å². The van der Waals surface area contributed by atoms with Crippen LogP contribution in [0.15, 0.2) is 0 Å². The van der Waals surface area contributed by atoms with E-state index in [0.717, 1.165) is 0 Å². The van der Waals surface area contributed by atoms with Gasteiger partial charge in [-0.1, -0.05) is 22.6 Å². The first-order valence-electron chi connectivity index (χ1n) is 2.43. The Morgan fingerprint density at radius 2 is 2.22 bits per heavy atom. The third-order valence-electron chi connectivity index (χ3n) is 0.963. The van der Waals surface area contributed by atoms with Crippen molar-refractivity contribution in [3.05, 3.63) is 0 Å². The maximum absolute atomic E-state index is 10.6. The third-order valence-corrected chi connectivity index (χ3v) is 1.97. The second-order valence-corrected chi connectivity index (χ2v) is 3.17. The van der Waals surface area contributed by atoms with Crippen molar-refractivity contribution in [2.24, 2.45) is 0 Å². The fourth-order valence-electron chi connectivity index (χ4n) is 0.509. The molecule has 0 aromatic carbocycles. The molecule has 1 aliphatic rings. The molecule has 3 amide bonds. The number of carbonyl (C=O) groups is 2. The van der Waals surface area contributed by atoms with Gasteiger partial charge < -0.3 is 5.32 Å². The number of rotatable bonds is 0. The lowest BCUT2D eigenvalue weighted by molar-refractivity contribution is -0.119. The zero-order valence-corrected chi connectivity index (χ0v) is 6.64. The minimum Gasteiger partial charge on any atom is -0.336 e.